The van der Waals surface area contributed by atoms with Crippen LogP contribution in [0, 0.1) is 18.6 Å². The molecular formula is C21H14F2N2O3S. The van der Waals surface area contributed by atoms with E-state index in [4.69, 9.17) is 0 Å². The molecule has 0 amide bonds. The smallest absolute Gasteiger partial charge is 0.337 e. The minimum Gasteiger partial charge on any atom is -0.478 e. The van der Waals surface area contributed by atoms with Crippen molar-refractivity contribution in [3.05, 3.63) is 82.0 Å². The summed E-state index contributed by atoms with van der Waals surface area (Å²) in [5.74, 6) is -2.74. The Balaban J connectivity index is 1.71. The van der Waals surface area contributed by atoms with Crippen molar-refractivity contribution >= 4 is 28.6 Å². The summed E-state index contributed by atoms with van der Waals surface area (Å²) in [5, 5.41) is 15.3. The number of aromatic nitrogens is 2. The molecule has 29 heavy (non-hydrogen) atoms. The van der Waals surface area contributed by atoms with Gasteiger partial charge in [0.1, 0.15) is 22.8 Å². The number of aryl methyl sites for hydroxylation is 1. The zero-order valence-electron chi connectivity index (χ0n) is 15.1. The lowest BCUT2D eigenvalue weighted by Crippen LogP contribution is -2.08. The first-order chi connectivity index (χ1) is 13.8. The number of halogens is 2. The molecule has 1 N–H and O–H groups in total. The number of benzene rings is 1. The number of ketones is 1. The summed E-state index contributed by atoms with van der Waals surface area (Å²) >= 11 is 1.06. The molecule has 1 aromatic carbocycles. The molecule has 0 bridgehead atoms. The van der Waals surface area contributed by atoms with E-state index in [1.807, 2.05) is 0 Å². The number of carboxylic acid groups (broad SMARTS) is 1. The zero-order chi connectivity index (χ0) is 20.7. The van der Waals surface area contributed by atoms with E-state index in [1.165, 1.54) is 46.4 Å². The van der Waals surface area contributed by atoms with Gasteiger partial charge in [-0.15, -0.1) is 11.3 Å². The lowest BCUT2D eigenvalue weighted by molar-refractivity contribution is 0.0697. The number of fused-ring (bicyclic) bond motifs is 1. The normalized spacial score (nSPS) is 11.1. The molecule has 4 aromatic rings. The number of aromatic carboxylic acids is 1. The van der Waals surface area contributed by atoms with Crippen LogP contribution in [-0.4, -0.2) is 26.5 Å². The van der Waals surface area contributed by atoms with Crippen LogP contribution in [0.5, 0.6) is 0 Å². The summed E-state index contributed by atoms with van der Waals surface area (Å²) in [6, 6.07) is 8.60. The highest BCUT2D eigenvalue weighted by Gasteiger charge is 2.24. The molecule has 0 fully saturated rings. The second-order valence-corrected chi connectivity index (χ2v) is 7.45. The van der Waals surface area contributed by atoms with E-state index < -0.39 is 23.4 Å². The topological polar surface area (TPSA) is 71.7 Å². The van der Waals surface area contributed by atoms with Gasteiger partial charge in [0, 0.05) is 18.2 Å². The molecule has 0 spiro atoms. The van der Waals surface area contributed by atoms with E-state index in [9.17, 15) is 23.5 Å². The fraction of sp³-hybridized carbons (Fsp3) is 0.0952. The van der Waals surface area contributed by atoms with Crippen molar-refractivity contribution in [3.63, 3.8) is 0 Å². The van der Waals surface area contributed by atoms with E-state index in [-0.39, 0.29) is 39.2 Å². The standard InChI is InChI=1S/C21H14F2N2O3S/c1-11-4-5-13(15(23)7-11)20-19(21(27)28)12(10-29-20)8-18(26)16-9-17-14(22)3-2-6-25(17)24-16/h2-7,9-10H,8H2,1H3,(H,27,28). The van der Waals surface area contributed by atoms with Gasteiger partial charge in [-0.25, -0.2) is 18.1 Å². The van der Waals surface area contributed by atoms with Crippen LogP contribution < -0.4 is 0 Å². The number of hydrogen-bond donors (Lipinski definition) is 1. The first-order valence-corrected chi connectivity index (χ1v) is 9.50. The SMILES string of the molecule is Cc1ccc(-c2scc(CC(=O)c3cc4c(F)cccn4n3)c2C(=O)O)c(F)c1. The molecule has 146 valence electrons. The number of hydrogen-bond acceptors (Lipinski definition) is 4. The van der Waals surface area contributed by atoms with Crippen molar-refractivity contribution in [2.45, 2.75) is 13.3 Å². The van der Waals surface area contributed by atoms with Crippen LogP contribution in [0.4, 0.5) is 8.78 Å². The molecule has 0 aliphatic heterocycles. The maximum Gasteiger partial charge on any atom is 0.337 e. The predicted molar refractivity (Wildman–Crippen MR) is 105 cm³/mol. The molecule has 0 saturated heterocycles. The first-order valence-electron chi connectivity index (χ1n) is 8.62. The van der Waals surface area contributed by atoms with Gasteiger partial charge in [-0.1, -0.05) is 12.1 Å². The van der Waals surface area contributed by atoms with Gasteiger partial charge in [0.05, 0.1) is 10.4 Å². The fourth-order valence-electron chi connectivity index (χ4n) is 3.14. The average Bonchev–Trinajstić information content (AvgIpc) is 3.27. The Labute approximate surface area is 167 Å². The van der Waals surface area contributed by atoms with Crippen molar-refractivity contribution in [1.82, 2.24) is 9.61 Å². The molecule has 3 heterocycles. The molecule has 3 aromatic heterocycles. The number of carbonyl (C=O) groups is 2. The summed E-state index contributed by atoms with van der Waals surface area (Å²) in [7, 11) is 0. The van der Waals surface area contributed by atoms with Crippen LogP contribution in [-0.2, 0) is 6.42 Å². The summed E-state index contributed by atoms with van der Waals surface area (Å²) in [4.78, 5) is 24.8. The van der Waals surface area contributed by atoms with E-state index in [1.54, 1.807) is 13.0 Å². The van der Waals surface area contributed by atoms with Crippen molar-refractivity contribution in [3.8, 4) is 10.4 Å². The summed E-state index contributed by atoms with van der Waals surface area (Å²) < 4.78 is 29.5. The second-order valence-electron chi connectivity index (χ2n) is 6.57. The largest absolute Gasteiger partial charge is 0.478 e. The Morgan fingerprint density at radius 3 is 2.66 bits per heavy atom. The number of thiophene rings is 1. The van der Waals surface area contributed by atoms with Gasteiger partial charge in [-0.05, 0) is 47.7 Å². The quantitative estimate of drug-likeness (QED) is 0.479. The summed E-state index contributed by atoms with van der Waals surface area (Å²) in [6.45, 7) is 1.74. The van der Waals surface area contributed by atoms with E-state index >= 15 is 0 Å². The van der Waals surface area contributed by atoms with Crippen molar-refractivity contribution in [2.75, 3.05) is 0 Å². The lowest BCUT2D eigenvalue weighted by atomic mass is 10.0. The van der Waals surface area contributed by atoms with Crippen LogP contribution in [0.1, 0.15) is 32.0 Å². The monoisotopic (exact) mass is 412 g/mol. The Bertz CT molecular complexity index is 1280. The second kappa shape index (κ2) is 7.21. The molecule has 0 aliphatic carbocycles. The highest BCUT2D eigenvalue weighted by molar-refractivity contribution is 7.14. The molecule has 0 aliphatic rings. The number of carboxylic acids is 1. The molecule has 0 atom stereocenters. The van der Waals surface area contributed by atoms with Gasteiger partial charge in [-0.2, -0.15) is 5.10 Å². The number of Topliss-reactive ketones (excluding diaryl/α,β-unsaturated/α-hetero) is 1. The molecule has 0 unspecified atom stereocenters. The molecule has 0 radical (unpaired) electrons. The number of nitrogens with zero attached hydrogens (tertiary/aromatic N) is 2. The van der Waals surface area contributed by atoms with Crippen LogP contribution in [0.3, 0.4) is 0 Å². The average molecular weight is 412 g/mol. The van der Waals surface area contributed by atoms with E-state index in [2.05, 4.69) is 5.10 Å². The van der Waals surface area contributed by atoms with E-state index in [0.717, 1.165) is 11.3 Å². The third-order valence-electron chi connectivity index (χ3n) is 4.54. The maximum absolute atomic E-state index is 14.4. The van der Waals surface area contributed by atoms with Gasteiger partial charge < -0.3 is 5.11 Å². The Hall–Kier alpha value is -3.39. The minimum absolute atomic E-state index is 0.0284. The third-order valence-corrected chi connectivity index (χ3v) is 5.60. The number of carbonyl (C=O) groups excluding carboxylic acids is 1. The van der Waals surface area contributed by atoms with Gasteiger partial charge in [0.15, 0.2) is 5.78 Å². The van der Waals surface area contributed by atoms with Crippen molar-refractivity contribution < 1.29 is 23.5 Å². The number of rotatable bonds is 5. The molecule has 5 nitrogen and oxygen atoms in total. The summed E-state index contributed by atoms with van der Waals surface area (Å²) in [5.41, 5.74) is 1.23. The van der Waals surface area contributed by atoms with Crippen LogP contribution in [0.25, 0.3) is 16.0 Å². The Morgan fingerprint density at radius 2 is 1.97 bits per heavy atom. The molecule has 4 rings (SSSR count). The maximum atomic E-state index is 14.4. The zero-order valence-corrected chi connectivity index (χ0v) is 16.0. The van der Waals surface area contributed by atoms with Gasteiger partial charge >= 0.3 is 5.97 Å². The van der Waals surface area contributed by atoms with Gasteiger partial charge in [0.25, 0.3) is 0 Å². The van der Waals surface area contributed by atoms with Gasteiger partial charge in [0.2, 0.25) is 0 Å². The molecular weight excluding hydrogens is 398 g/mol. The third kappa shape index (κ3) is 3.42. The van der Waals surface area contributed by atoms with Crippen molar-refractivity contribution in [1.29, 1.82) is 0 Å². The predicted octanol–water partition coefficient (Wildman–Crippen LogP) is 4.77. The fourth-order valence-corrected chi connectivity index (χ4v) is 4.23. The highest BCUT2D eigenvalue weighted by atomic mass is 32.1. The van der Waals surface area contributed by atoms with E-state index in [0.29, 0.717) is 5.56 Å². The Kier molecular flexibility index (Phi) is 4.71. The van der Waals surface area contributed by atoms with Gasteiger partial charge in [-0.3, -0.25) is 4.79 Å². The van der Waals surface area contributed by atoms with Crippen molar-refractivity contribution in [2.24, 2.45) is 0 Å². The lowest BCUT2D eigenvalue weighted by Gasteiger charge is -2.05. The number of pyridine rings is 1. The Morgan fingerprint density at radius 1 is 1.17 bits per heavy atom. The molecule has 0 saturated carbocycles. The van der Waals surface area contributed by atoms with Crippen LogP contribution >= 0.6 is 11.3 Å². The minimum atomic E-state index is -1.25. The van der Waals surface area contributed by atoms with Crippen LogP contribution in [0.15, 0.2) is 48.0 Å². The molecule has 8 heteroatoms. The summed E-state index contributed by atoms with van der Waals surface area (Å²) in [6.07, 6.45) is 1.28. The van der Waals surface area contributed by atoms with Crippen LogP contribution in [0.2, 0.25) is 0 Å². The highest BCUT2D eigenvalue weighted by Crippen LogP contribution is 2.35. The first kappa shape index (κ1) is 18.9.